The van der Waals surface area contributed by atoms with Gasteiger partial charge < -0.3 is 10.8 Å². The van der Waals surface area contributed by atoms with E-state index in [1.807, 2.05) is 24.3 Å². The number of carbonyl (C=O) groups is 1. The highest BCUT2D eigenvalue weighted by Crippen LogP contribution is 2.44. The summed E-state index contributed by atoms with van der Waals surface area (Å²) in [4.78, 5) is 16.4. The van der Waals surface area contributed by atoms with Gasteiger partial charge in [0.25, 0.3) is 5.91 Å². The summed E-state index contributed by atoms with van der Waals surface area (Å²) in [5.41, 5.74) is 8.43. The number of aliphatic imine (C=N–C) groups is 1. The average Bonchev–Trinajstić information content (AvgIpc) is 3.56. The predicted octanol–water partition coefficient (Wildman–Crippen LogP) is 4.70. The molecular weight excluding hydrogens is 381 g/mol. The minimum atomic E-state index is -0.478. The molecule has 160 valence electrons. The summed E-state index contributed by atoms with van der Waals surface area (Å²) in [6.45, 7) is 1.64. The van der Waals surface area contributed by atoms with Crippen LogP contribution in [0.25, 0.3) is 0 Å². The first kappa shape index (κ1) is 22.0. The number of aliphatic hydroxyl groups excluding tert-OH is 1. The molecule has 2 aromatic carbocycles. The number of benzene rings is 2. The summed E-state index contributed by atoms with van der Waals surface area (Å²) in [7, 11) is 0. The number of para-hydroxylation sites is 1. The normalized spacial score (nSPS) is 17.1. The molecule has 0 atom stereocenters. The van der Waals surface area contributed by atoms with Crippen molar-refractivity contribution in [1.29, 1.82) is 0 Å². The van der Waals surface area contributed by atoms with Crippen LogP contribution in [0.2, 0.25) is 0 Å². The van der Waals surface area contributed by atoms with E-state index in [4.69, 9.17) is 10.8 Å². The summed E-state index contributed by atoms with van der Waals surface area (Å²) in [5.74, 6) is -0.366. The van der Waals surface area contributed by atoms with Gasteiger partial charge in [-0.2, -0.15) is 0 Å². The molecule has 0 aliphatic heterocycles. The first-order valence-electron chi connectivity index (χ1n) is 10.6. The standard InChI is InChI=1S/C18H18FN3O.C6H12O/c1-11-6-7-13(10-15(11)19)17(23)22-18(20)21-16-5-3-2-4-14(16)12-8-9-12;7-6-4-2-1-3-5-6/h2-7,10,12H,8-9H2,1H3,(H3,20,21,22,23);6-7H,1-5H2. The van der Waals surface area contributed by atoms with Crippen LogP contribution in [-0.4, -0.2) is 23.1 Å². The van der Waals surface area contributed by atoms with E-state index in [1.165, 1.54) is 25.3 Å². The van der Waals surface area contributed by atoms with Crippen LogP contribution in [0, 0.1) is 12.7 Å². The lowest BCUT2D eigenvalue weighted by Gasteiger charge is -2.14. The van der Waals surface area contributed by atoms with Crippen LogP contribution in [0.15, 0.2) is 47.5 Å². The van der Waals surface area contributed by atoms with E-state index in [-0.39, 0.29) is 17.6 Å². The molecule has 0 heterocycles. The van der Waals surface area contributed by atoms with E-state index in [9.17, 15) is 9.18 Å². The second-order valence-electron chi connectivity index (χ2n) is 8.04. The first-order valence-corrected chi connectivity index (χ1v) is 10.6. The predicted molar refractivity (Wildman–Crippen MR) is 117 cm³/mol. The number of aliphatic hydroxyl groups is 1. The molecule has 0 spiro atoms. The molecule has 4 N–H and O–H groups in total. The lowest BCUT2D eigenvalue weighted by atomic mass is 9.98. The zero-order chi connectivity index (χ0) is 21.5. The Morgan fingerprint density at radius 2 is 1.80 bits per heavy atom. The van der Waals surface area contributed by atoms with Gasteiger partial charge in [-0.15, -0.1) is 0 Å². The van der Waals surface area contributed by atoms with Crippen LogP contribution in [0.1, 0.15) is 72.3 Å². The Balaban J connectivity index is 0.000000310. The molecule has 2 aliphatic carbocycles. The number of hydrogen-bond acceptors (Lipinski definition) is 3. The topological polar surface area (TPSA) is 87.7 Å². The molecule has 0 saturated heterocycles. The Labute approximate surface area is 177 Å². The second-order valence-corrected chi connectivity index (χ2v) is 8.04. The van der Waals surface area contributed by atoms with Gasteiger partial charge in [0.05, 0.1) is 11.8 Å². The lowest BCUT2D eigenvalue weighted by molar-refractivity contribution is 0.0976. The molecule has 1 amide bonds. The van der Waals surface area contributed by atoms with Crippen LogP contribution in [0.4, 0.5) is 10.1 Å². The van der Waals surface area contributed by atoms with Gasteiger partial charge in [0.15, 0.2) is 0 Å². The highest BCUT2D eigenvalue weighted by atomic mass is 19.1. The lowest BCUT2D eigenvalue weighted by Crippen LogP contribution is -2.36. The summed E-state index contributed by atoms with van der Waals surface area (Å²) in [5, 5.41) is 11.4. The zero-order valence-corrected chi connectivity index (χ0v) is 17.4. The monoisotopic (exact) mass is 411 g/mol. The van der Waals surface area contributed by atoms with Gasteiger partial charge in [-0.25, -0.2) is 9.38 Å². The van der Waals surface area contributed by atoms with E-state index >= 15 is 0 Å². The fourth-order valence-corrected chi connectivity index (χ4v) is 3.49. The van der Waals surface area contributed by atoms with Gasteiger partial charge in [-0.05, 0) is 67.9 Å². The number of hydrogen-bond donors (Lipinski definition) is 3. The second kappa shape index (κ2) is 10.3. The van der Waals surface area contributed by atoms with Crippen molar-refractivity contribution in [3.63, 3.8) is 0 Å². The molecule has 0 aromatic heterocycles. The summed E-state index contributed by atoms with van der Waals surface area (Å²) in [6.07, 6.45) is 8.23. The average molecular weight is 412 g/mol. The van der Waals surface area contributed by atoms with Gasteiger partial charge in [-0.3, -0.25) is 10.1 Å². The molecule has 0 unspecified atom stereocenters. The third kappa shape index (κ3) is 6.39. The van der Waals surface area contributed by atoms with Crippen molar-refractivity contribution in [3.8, 4) is 0 Å². The van der Waals surface area contributed by atoms with Crippen molar-refractivity contribution >= 4 is 17.6 Å². The number of rotatable bonds is 3. The minimum absolute atomic E-state index is 0.00378. The zero-order valence-electron chi connectivity index (χ0n) is 17.4. The number of carbonyl (C=O) groups excluding carboxylic acids is 1. The summed E-state index contributed by atoms with van der Waals surface area (Å²) < 4.78 is 13.5. The number of guanidine groups is 1. The number of nitrogens with zero attached hydrogens (tertiary/aromatic N) is 1. The van der Waals surface area contributed by atoms with Crippen molar-refractivity contribution in [1.82, 2.24) is 5.32 Å². The van der Waals surface area contributed by atoms with Crippen molar-refractivity contribution in [2.75, 3.05) is 0 Å². The van der Waals surface area contributed by atoms with Gasteiger partial charge in [0, 0.05) is 5.56 Å². The van der Waals surface area contributed by atoms with E-state index in [0.717, 1.165) is 36.9 Å². The molecule has 4 rings (SSSR count). The number of aryl methyl sites for hydroxylation is 1. The van der Waals surface area contributed by atoms with Gasteiger partial charge in [0.2, 0.25) is 5.96 Å². The molecule has 0 radical (unpaired) electrons. The molecule has 2 fully saturated rings. The maximum atomic E-state index is 13.5. The largest absolute Gasteiger partial charge is 0.393 e. The van der Waals surface area contributed by atoms with E-state index in [0.29, 0.717) is 11.5 Å². The van der Waals surface area contributed by atoms with Crippen molar-refractivity contribution in [3.05, 3.63) is 65.0 Å². The third-order valence-corrected chi connectivity index (χ3v) is 5.45. The number of nitrogens with two attached hydrogens (primary N) is 1. The van der Waals surface area contributed by atoms with Crippen molar-refractivity contribution < 1.29 is 14.3 Å². The molecule has 5 nitrogen and oxygen atoms in total. The van der Waals surface area contributed by atoms with E-state index in [1.54, 1.807) is 19.1 Å². The van der Waals surface area contributed by atoms with Crippen LogP contribution in [0.5, 0.6) is 0 Å². The van der Waals surface area contributed by atoms with Crippen LogP contribution in [-0.2, 0) is 0 Å². The van der Waals surface area contributed by atoms with Crippen molar-refractivity contribution in [2.24, 2.45) is 10.7 Å². The number of halogens is 1. The maximum Gasteiger partial charge on any atom is 0.258 e. The molecular formula is C24H30FN3O2. The van der Waals surface area contributed by atoms with E-state index in [2.05, 4.69) is 10.3 Å². The van der Waals surface area contributed by atoms with Crippen LogP contribution >= 0.6 is 0 Å². The molecule has 6 heteroatoms. The highest BCUT2D eigenvalue weighted by molar-refractivity contribution is 6.05. The molecule has 0 bridgehead atoms. The fraction of sp³-hybridized carbons (Fsp3) is 0.417. The van der Waals surface area contributed by atoms with Crippen LogP contribution < -0.4 is 11.1 Å². The summed E-state index contributed by atoms with van der Waals surface area (Å²) >= 11 is 0. The third-order valence-electron chi connectivity index (χ3n) is 5.45. The summed E-state index contributed by atoms with van der Waals surface area (Å²) in [6, 6.07) is 12.1. The molecule has 2 aliphatic rings. The van der Waals surface area contributed by atoms with Gasteiger partial charge in [-0.1, -0.05) is 43.5 Å². The Bertz CT molecular complexity index is 903. The highest BCUT2D eigenvalue weighted by Gasteiger charge is 2.25. The van der Waals surface area contributed by atoms with Gasteiger partial charge >= 0.3 is 0 Å². The Morgan fingerprint density at radius 1 is 1.10 bits per heavy atom. The maximum absolute atomic E-state index is 13.5. The quantitative estimate of drug-likeness (QED) is 0.505. The van der Waals surface area contributed by atoms with E-state index < -0.39 is 11.7 Å². The Kier molecular flexibility index (Phi) is 7.57. The SMILES string of the molecule is Cc1ccc(C(=O)NC(N)=Nc2ccccc2C2CC2)cc1F.OC1CCCCC1. The number of nitrogens with one attached hydrogen (secondary N) is 1. The Morgan fingerprint density at radius 3 is 2.40 bits per heavy atom. The van der Waals surface area contributed by atoms with Gasteiger partial charge in [0.1, 0.15) is 5.82 Å². The fourth-order valence-electron chi connectivity index (χ4n) is 3.49. The number of amides is 1. The molecule has 2 saturated carbocycles. The minimum Gasteiger partial charge on any atom is -0.393 e. The Hall–Kier alpha value is -2.73. The smallest absolute Gasteiger partial charge is 0.258 e. The first-order chi connectivity index (χ1) is 14.4. The molecule has 2 aromatic rings. The van der Waals surface area contributed by atoms with Crippen LogP contribution in [0.3, 0.4) is 0 Å². The van der Waals surface area contributed by atoms with Crippen molar-refractivity contribution in [2.45, 2.75) is 63.9 Å². The molecule has 30 heavy (non-hydrogen) atoms.